The summed E-state index contributed by atoms with van der Waals surface area (Å²) >= 11 is 0. The van der Waals surface area contributed by atoms with Gasteiger partial charge < -0.3 is 14.7 Å². The second-order valence-electron chi connectivity index (χ2n) is 5.57. The minimum atomic E-state index is -0.757. The maximum Gasteiger partial charge on any atom is 0.307 e. The van der Waals surface area contributed by atoms with Crippen LogP contribution in [0.4, 0.5) is 0 Å². The van der Waals surface area contributed by atoms with Gasteiger partial charge in [-0.2, -0.15) is 0 Å². The van der Waals surface area contributed by atoms with Gasteiger partial charge in [0.25, 0.3) is 5.91 Å². The Morgan fingerprint density at radius 2 is 1.90 bits per heavy atom. The third kappa shape index (κ3) is 4.29. The number of nitrogens with zero attached hydrogens (tertiary/aromatic N) is 1. The van der Waals surface area contributed by atoms with Crippen molar-refractivity contribution >= 4 is 11.9 Å². The van der Waals surface area contributed by atoms with Gasteiger partial charge in [-0.1, -0.05) is 18.2 Å². The van der Waals surface area contributed by atoms with E-state index in [2.05, 4.69) is 4.74 Å². The number of methoxy groups -OCH3 is 1. The molecule has 0 aliphatic rings. The van der Waals surface area contributed by atoms with Crippen LogP contribution < -0.4 is 0 Å². The van der Waals surface area contributed by atoms with Crippen LogP contribution in [0.3, 0.4) is 0 Å². The van der Waals surface area contributed by atoms with E-state index >= 15 is 0 Å². The molecule has 5 heteroatoms. The van der Waals surface area contributed by atoms with E-state index in [0.717, 1.165) is 5.56 Å². The van der Waals surface area contributed by atoms with Crippen molar-refractivity contribution in [2.75, 3.05) is 20.3 Å². The monoisotopic (exact) mass is 293 g/mol. The predicted molar refractivity (Wildman–Crippen MR) is 80.0 cm³/mol. The number of aliphatic hydroxyl groups is 1. The molecule has 0 aliphatic carbocycles. The van der Waals surface area contributed by atoms with Crippen molar-refractivity contribution in [2.24, 2.45) is 0 Å². The highest BCUT2D eigenvalue weighted by atomic mass is 16.5. The third-order valence-corrected chi connectivity index (χ3v) is 3.51. The fourth-order valence-electron chi connectivity index (χ4n) is 2.03. The lowest BCUT2D eigenvalue weighted by Gasteiger charge is -2.37. The number of carbonyl (C=O) groups excluding carboxylic acids is 2. The van der Waals surface area contributed by atoms with Crippen LogP contribution in [0.15, 0.2) is 24.3 Å². The summed E-state index contributed by atoms with van der Waals surface area (Å²) in [4.78, 5) is 25.6. The summed E-state index contributed by atoms with van der Waals surface area (Å²) in [6.45, 7) is 5.40. The van der Waals surface area contributed by atoms with Crippen molar-refractivity contribution in [1.82, 2.24) is 4.90 Å². The van der Waals surface area contributed by atoms with Gasteiger partial charge >= 0.3 is 5.97 Å². The zero-order valence-electron chi connectivity index (χ0n) is 13.0. The summed E-state index contributed by atoms with van der Waals surface area (Å²) in [7, 11) is 1.31. The Morgan fingerprint density at radius 1 is 1.29 bits per heavy atom. The van der Waals surface area contributed by atoms with Crippen molar-refractivity contribution < 1.29 is 19.4 Å². The molecule has 0 saturated carbocycles. The van der Waals surface area contributed by atoms with Gasteiger partial charge in [0, 0.05) is 12.1 Å². The average Bonchev–Trinajstić information content (AvgIpc) is 2.47. The topological polar surface area (TPSA) is 66.8 Å². The van der Waals surface area contributed by atoms with Crippen LogP contribution in [-0.2, 0) is 9.53 Å². The highest BCUT2D eigenvalue weighted by Crippen LogP contribution is 2.20. The molecule has 116 valence electrons. The van der Waals surface area contributed by atoms with Crippen LogP contribution in [0, 0.1) is 6.92 Å². The first-order valence-electron chi connectivity index (χ1n) is 6.88. The molecule has 21 heavy (non-hydrogen) atoms. The predicted octanol–water partition coefficient (Wildman–Crippen LogP) is 1.77. The van der Waals surface area contributed by atoms with Crippen LogP contribution in [0.25, 0.3) is 0 Å². The molecule has 1 aromatic rings. The molecule has 0 saturated heterocycles. The molecule has 0 radical (unpaired) electrons. The molecule has 1 aromatic carbocycles. The Bertz CT molecular complexity index is 511. The van der Waals surface area contributed by atoms with E-state index in [4.69, 9.17) is 0 Å². The summed E-state index contributed by atoms with van der Waals surface area (Å²) in [5, 5.41) is 9.54. The highest BCUT2D eigenvalue weighted by molar-refractivity contribution is 5.96. The van der Waals surface area contributed by atoms with Gasteiger partial charge in [-0.15, -0.1) is 0 Å². The zero-order valence-corrected chi connectivity index (χ0v) is 13.0. The van der Waals surface area contributed by atoms with Crippen LogP contribution in [0.5, 0.6) is 0 Å². The van der Waals surface area contributed by atoms with Gasteiger partial charge in [-0.25, -0.2) is 0 Å². The van der Waals surface area contributed by atoms with E-state index in [0.29, 0.717) is 5.56 Å². The van der Waals surface area contributed by atoms with Crippen LogP contribution in [-0.4, -0.2) is 47.7 Å². The fourth-order valence-corrected chi connectivity index (χ4v) is 2.03. The molecule has 5 nitrogen and oxygen atoms in total. The quantitative estimate of drug-likeness (QED) is 0.812. The smallest absolute Gasteiger partial charge is 0.307 e. The second-order valence-corrected chi connectivity index (χ2v) is 5.57. The normalized spacial score (nSPS) is 11.1. The first-order valence-corrected chi connectivity index (χ1v) is 6.88. The summed E-state index contributed by atoms with van der Waals surface area (Å²) in [6.07, 6.45) is 0.0948. The van der Waals surface area contributed by atoms with Crippen LogP contribution >= 0.6 is 0 Å². The molecule has 0 spiro atoms. The third-order valence-electron chi connectivity index (χ3n) is 3.51. The van der Waals surface area contributed by atoms with Gasteiger partial charge in [0.1, 0.15) is 0 Å². The average molecular weight is 293 g/mol. The molecular weight excluding hydrogens is 270 g/mol. The number of aryl methyl sites for hydroxylation is 1. The molecule has 0 bridgehead atoms. The molecule has 0 aromatic heterocycles. The van der Waals surface area contributed by atoms with Gasteiger partial charge in [0.2, 0.25) is 0 Å². The van der Waals surface area contributed by atoms with E-state index in [1.807, 2.05) is 19.1 Å². The molecule has 0 heterocycles. The molecule has 0 aliphatic heterocycles. The zero-order chi connectivity index (χ0) is 16.0. The van der Waals surface area contributed by atoms with E-state index in [9.17, 15) is 14.7 Å². The van der Waals surface area contributed by atoms with Crippen molar-refractivity contribution in [3.8, 4) is 0 Å². The molecule has 1 rings (SSSR count). The van der Waals surface area contributed by atoms with E-state index in [1.165, 1.54) is 12.0 Å². The number of rotatable bonds is 6. The van der Waals surface area contributed by atoms with Crippen molar-refractivity contribution in [2.45, 2.75) is 32.7 Å². The molecule has 0 atom stereocenters. The number of aliphatic hydroxyl groups excluding tert-OH is 1. The number of benzene rings is 1. The Hall–Kier alpha value is -1.88. The standard InChI is InChI=1S/C16H23NO4/c1-12-7-5-6-8-13(12)15(20)17(16(2,3)11-18)10-9-14(19)21-4/h5-8,18H,9-11H2,1-4H3. The molecule has 0 unspecified atom stereocenters. The minimum absolute atomic E-state index is 0.0948. The first kappa shape index (κ1) is 17.2. The van der Waals surface area contributed by atoms with E-state index < -0.39 is 5.54 Å². The maximum absolute atomic E-state index is 12.7. The Kier molecular flexibility index (Phi) is 5.90. The Labute approximate surface area is 125 Å². The summed E-state index contributed by atoms with van der Waals surface area (Å²) in [6, 6.07) is 7.26. The van der Waals surface area contributed by atoms with Crippen LogP contribution in [0.2, 0.25) is 0 Å². The lowest BCUT2D eigenvalue weighted by molar-refractivity contribution is -0.141. The fraction of sp³-hybridized carbons (Fsp3) is 0.500. The van der Waals surface area contributed by atoms with Crippen molar-refractivity contribution in [1.29, 1.82) is 0 Å². The van der Waals surface area contributed by atoms with Gasteiger partial charge in [-0.05, 0) is 32.4 Å². The number of hydrogen-bond donors (Lipinski definition) is 1. The number of carbonyl (C=O) groups is 2. The van der Waals surface area contributed by atoms with E-state index in [1.54, 1.807) is 26.0 Å². The van der Waals surface area contributed by atoms with E-state index in [-0.39, 0.29) is 31.4 Å². The highest BCUT2D eigenvalue weighted by Gasteiger charge is 2.31. The first-order chi connectivity index (χ1) is 9.83. The SMILES string of the molecule is COC(=O)CCN(C(=O)c1ccccc1C)C(C)(C)CO. The van der Waals surface area contributed by atoms with Crippen molar-refractivity contribution in [3.05, 3.63) is 35.4 Å². The largest absolute Gasteiger partial charge is 0.469 e. The molecule has 0 fully saturated rings. The lowest BCUT2D eigenvalue weighted by Crippen LogP contribution is -2.51. The molecule has 1 N–H and O–H groups in total. The number of esters is 1. The Balaban J connectivity index is 3.04. The minimum Gasteiger partial charge on any atom is -0.469 e. The summed E-state index contributed by atoms with van der Waals surface area (Å²) in [5.74, 6) is -0.581. The van der Waals surface area contributed by atoms with Crippen LogP contribution in [0.1, 0.15) is 36.2 Å². The lowest BCUT2D eigenvalue weighted by atomic mass is 10.00. The maximum atomic E-state index is 12.7. The number of amides is 1. The second kappa shape index (κ2) is 7.22. The van der Waals surface area contributed by atoms with Gasteiger partial charge in [-0.3, -0.25) is 9.59 Å². The summed E-state index contributed by atoms with van der Waals surface area (Å²) in [5.41, 5.74) is 0.677. The van der Waals surface area contributed by atoms with Gasteiger partial charge in [0.05, 0.1) is 25.7 Å². The van der Waals surface area contributed by atoms with Crippen molar-refractivity contribution in [3.63, 3.8) is 0 Å². The molecule has 1 amide bonds. The molecular formula is C16H23NO4. The number of ether oxygens (including phenoxy) is 1. The number of hydrogen-bond acceptors (Lipinski definition) is 4. The summed E-state index contributed by atoms with van der Waals surface area (Å²) < 4.78 is 4.62. The Morgan fingerprint density at radius 3 is 2.43 bits per heavy atom. The van der Waals surface area contributed by atoms with Gasteiger partial charge in [0.15, 0.2) is 0 Å².